The number of aliphatic imine (C=N–C) groups is 1. The molecule has 0 N–H and O–H groups in total. The summed E-state index contributed by atoms with van der Waals surface area (Å²) in [5.41, 5.74) is 1.83. The first-order valence-electron chi connectivity index (χ1n) is 6.56. The molecule has 4 heteroatoms. The molecule has 1 aliphatic carbocycles. The quantitative estimate of drug-likeness (QED) is 0.623. The average molecular weight is 281 g/mol. The van der Waals surface area contributed by atoms with Crippen molar-refractivity contribution in [2.75, 3.05) is 0 Å². The molecule has 0 bridgehead atoms. The molecule has 2 aromatic carbocycles. The van der Waals surface area contributed by atoms with Gasteiger partial charge in [0.2, 0.25) is 0 Å². The van der Waals surface area contributed by atoms with E-state index in [1.54, 1.807) is 31.2 Å². The van der Waals surface area contributed by atoms with Gasteiger partial charge < -0.3 is 0 Å². The molecule has 0 saturated carbocycles. The molecule has 0 radical (unpaired) electrons. The van der Waals surface area contributed by atoms with Gasteiger partial charge in [-0.25, -0.2) is 4.39 Å². The molecule has 0 amide bonds. The Labute approximate surface area is 121 Å². The fourth-order valence-electron chi connectivity index (χ4n) is 2.51. The van der Waals surface area contributed by atoms with Crippen LogP contribution in [-0.2, 0) is 0 Å². The van der Waals surface area contributed by atoms with Gasteiger partial charge in [0, 0.05) is 16.8 Å². The molecule has 0 fully saturated rings. The number of carbonyl (C=O) groups is 2. The summed E-state index contributed by atoms with van der Waals surface area (Å²) in [5.74, 6) is -1.67. The van der Waals surface area contributed by atoms with Crippen LogP contribution in [0.5, 0.6) is 0 Å². The maximum absolute atomic E-state index is 12.9. The number of fused-ring (bicyclic) bond motifs is 1. The molecular formula is C17H12FNO2. The monoisotopic (exact) mass is 281 g/mol. The first kappa shape index (κ1) is 13.4. The third-order valence-electron chi connectivity index (χ3n) is 3.53. The predicted octanol–water partition coefficient (Wildman–Crippen LogP) is 3.61. The minimum absolute atomic E-state index is 0.223. The number of rotatable bonds is 2. The molecular weight excluding hydrogens is 269 g/mol. The molecule has 1 aliphatic rings. The van der Waals surface area contributed by atoms with Crippen molar-refractivity contribution in [3.8, 4) is 0 Å². The molecule has 3 nitrogen and oxygen atoms in total. The van der Waals surface area contributed by atoms with Crippen molar-refractivity contribution in [1.82, 2.24) is 0 Å². The number of carbonyl (C=O) groups excluding carboxylic acids is 2. The van der Waals surface area contributed by atoms with Crippen LogP contribution in [0.15, 0.2) is 53.5 Å². The second-order valence-electron chi connectivity index (χ2n) is 4.94. The minimum Gasteiger partial charge on any atom is -0.293 e. The van der Waals surface area contributed by atoms with Gasteiger partial charge in [0.05, 0.1) is 5.69 Å². The molecule has 3 rings (SSSR count). The summed E-state index contributed by atoms with van der Waals surface area (Å²) < 4.78 is 12.9. The van der Waals surface area contributed by atoms with E-state index < -0.39 is 5.92 Å². The molecule has 2 aromatic rings. The second-order valence-corrected chi connectivity index (χ2v) is 4.94. The lowest BCUT2D eigenvalue weighted by Crippen LogP contribution is -2.23. The van der Waals surface area contributed by atoms with Gasteiger partial charge in [-0.1, -0.05) is 24.3 Å². The summed E-state index contributed by atoms with van der Waals surface area (Å²) in [6.45, 7) is 1.65. The Bertz CT molecular complexity index is 728. The summed E-state index contributed by atoms with van der Waals surface area (Å²) in [4.78, 5) is 28.9. The number of hydrogen-bond acceptors (Lipinski definition) is 3. The van der Waals surface area contributed by atoms with Crippen LogP contribution < -0.4 is 0 Å². The smallest absolute Gasteiger partial charge is 0.180 e. The number of hydrogen-bond donors (Lipinski definition) is 0. The van der Waals surface area contributed by atoms with E-state index in [-0.39, 0.29) is 17.4 Å². The molecule has 104 valence electrons. The summed E-state index contributed by atoms with van der Waals surface area (Å²) in [5, 5.41) is 0. The third kappa shape index (κ3) is 2.29. The normalized spacial score (nSPS) is 15.4. The van der Waals surface area contributed by atoms with Crippen LogP contribution in [0.25, 0.3) is 0 Å². The summed E-state index contributed by atoms with van der Waals surface area (Å²) in [6, 6.07) is 12.4. The van der Waals surface area contributed by atoms with Gasteiger partial charge in [0.15, 0.2) is 11.6 Å². The van der Waals surface area contributed by atoms with E-state index in [4.69, 9.17) is 0 Å². The highest BCUT2D eigenvalue weighted by Gasteiger charge is 2.39. The maximum Gasteiger partial charge on any atom is 0.180 e. The van der Waals surface area contributed by atoms with Crippen LogP contribution in [0.3, 0.4) is 0 Å². The zero-order valence-electron chi connectivity index (χ0n) is 11.3. The fraction of sp³-hybridized carbons (Fsp3) is 0.118. The number of halogens is 1. The summed E-state index contributed by atoms with van der Waals surface area (Å²) in [6.07, 6.45) is 0. The highest BCUT2D eigenvalue weighted by atomic mass is 19.1. The summed E-state index contributed by atoms with van der Waals surface area (Å²) in [7, 11) is 0. The SMILES string of the molecule is CC(=Nc1ccc(F)cc1)C1C(=O)c2ccccc2C1=O. The maximum atomic E-state index is 12.9. The van der Waals surface area contributed by atoms with Gasteiger partial charge in [0.1, 0.15) is 11.7 Å². The number of nitrogens with zero attached hydrogens (tertiary/aromatic N) is 1. The van der Waals surface area contributed by atoms with Crippen molar-refractivity contribution in [1.29, 1.82) is 0 Å². The predicted molar refractivity (Wildman–Crippen MR) is 77.8 cm³/mol. The average Bonchev–Trinajstić information content (AvgIpc) is 2.74. The van der Waals surface area contributed by atoms with Gasteiger partial charge in [-0.05, 0) is 31.2 Å². The topological polar surface area (TPSA) is 46.5 Å². The molecule has 21 heavy (non-hydrogen) atoms. The number of ketones is 2. The molecule has 0 heterocycles. The molecule has 0 spiro atoms. The van der Waals surface area contributed by atoms with Gasteiger partial charge >= 0.3 is 0 Å². The van der Waals surface area contributed by atoms with Crippen molar-refractivity contribution in [2.24, 2.45) is 10.9 Å². The molecule has 0 unspecified atom stereocenters. The zero-order valence-corrected chi connectivity index (χ0v) is 11.3. The Morgan fingerprint density at radius 3 is 2.00 bits per heavy atom. The Kier molecular flexibility index (Phi) is 3.22. The van der Waals surface area contributed by atoms with E-state index in [0.717, 1.165) is 0 Å². The fourth-order valence-corrected chi connectivity index (χ4v) is 2.51. The van der Waals surface area contributed by atoms with Crippen molar-refractivity contribution in [3.63, 3.8) is 0 Å². The Morgan fingerprint density at radius 2 is 1.48 bits per heavy atom. The van der Waals surface area contributed by atoms with Crippen molar-refractivity contribution in [2.45, 2.75) is 6.92 Å². The van der Waals surface area contributed by atoms with E-state index in [1.165, 1.54) is 24.3 Å². The van der Waals surface area contributed by atoms with Crippen molar-refractivity contribution >= 4 is 23.0 Å². The molecule has 0 atom stereocenters. The largest absolute Gasteiger partial charge is 0.293 e. The lowest BCUT2D eigenvalue weighted by molar-refractivity contribution is 0.0883. The molecule has 0 aromatic heterocycles. The van der Waals surface area contributed by atoms with Gasteiger partial charge in [-0.15, -0.1) is 0 Å². The minimum atomic E-state index is -0.868. The van der Waals surface area contributed by atoms with Crippen LogP contribution in [-0.4, -0.2) is 17.3 Å². The van der Waals surface area contributed by atoms with Gasteiger partial charge in [-0.2, -0.15) is 0 Å². The molecule has 0 saturated heterocycles. The van der Waals surface area contributed by atoms with Crippen LogP contribution in [0.2, 0.25) is 0 Å². The lowest BCUT2D eigenvalue weighted by Gasteiger charge is -2.06. The zero-order chi connectivity index (χ0) is 15.0. The Hall–Kier alpha value is -2.62. The van der Waals surface area contributed by atoms with Crippen LogP contribution in [0.1, 0.15) is 27.6 Å². The first-order chi connectivity index (χ1) is 10.1. The second kappa shape index (κ2) is 5.05. The number of benzene rings is 2. The van der Waals surface area contributed by atoms with Crippen molar-refractivity contribution in [3.05, 3.63) is 65.5 Å². The highest BCUT2D eigenvalue weighted by molar-refractivity contribution is 6.36. The van der Waals surface area contributed by atoms with E-state index in [1.807, 2.05) is 0 Å². The molecule has 0 aliphatic heterocycles. The highest BCUT2D eigenvalue weighted by Crippen LogP contribution is 2.28. The standard InChI is InChI=1S/C17H12FNO2/c1-10(19-12-8-6-11(18)7-9-12)15-16(20)13-4-2-3-5-14(13)17(15)21/h2-9,15H,1H3. The van der Waals surface area contributed by atoms with Gasteiger partial charge in [0.25, 0.3) is 0 Å². The van der Waals surface area contributed by atoms with E-state index in [2.05, 4.69) is 4.99 Å². The first-order valence-corrected chi connectivity index (χ1v) is 6.56. The van der Waals surface area contributed by atoms with Crippen LogP contribution in [0.4, 0.5) is 10.1 Å². The summed E-state index contributed by atoms with van der Waals surface area (Å²) >= 11 is 0. The Morgan fingerprint density at radius 1 is 0.952 bits per heavy atom. The lowest BCUT2D eigenvalue weighted by atomic mass is 9.99. The van der Waals surface area contributed by atoms with Gasteiger partial charge in [-0.3, -0.25) is 14.6 Å². The Balaban J connectivity index is 1.96. The van der Waals surface area contributed by atoms with E-state index in [9.17, 15) is 14.0 Å². The van der Waals surface area contributed by atoms with Crippen LogP contribution >= 0.6 is 0 Å². The van der Waals surface area contributed by atoms with E-state index >= 15 is 0 Å². The van der Waals surface area contributed by atoms with Crippen molar-refractivity contribution < 1.29 is 14.0 Å². The third-order valence-corrected chi connectivity index (χ3v) is 3.53. The number of Topliss-reactive ketones (excluding diaryl/α,β-unsaturated/α-hetero) is 2. The van der Waals surface area contributed by atoms with E-state index in [0.29, 0.717) is 22.5 Å². The van der Waals surface area contributed by atoms with Crippen LogP contribution in [0, 0.1) is 11.7 Å².